The molecule has 2 atom stereocenters. The number of nitrogens with one attached hydrogen (secondary N) is 1. The lowest BCUT2D eigenvalue weighted by atomic mass is 9.89. The van der Waals surface area contributed by atoms with Crippen LogP contribution in [0.15, 0.2) is 48.7 Å². The number of likely N-dealkylation sites (tertiary alicyclic amines) is 2. The highest BCUT2D eigenvalue weighted by molar-refractivity contribution is 5.94. The predicted octanol–water partition coefficient (Wildman–Crippen LogP) is 3.01. The van der Waals surface area contributed by atoms with Crippen molar-refractivity contribution in [2.75, 3.05) is 45.5 Å². The van der Waals surface area contributed by atoms with Gasteiger partial charge in [-0.05, 0) is 105 Å². The molecule has 2 amide bonds. The van der Waals surface area contributed by atoms with Crippen LogP contribution >= 0.6 is 0 Å². The Balaban J connectivity index is 1.03. The molecule has 3 heterocycles. The normalized spacial score (nSPS) is 24.5. The number of nitrogens with two attached hydrogens (primary N) is 1. The smallest absolute Gasteiger partial charge is 0.253 e. The number of carbonyl (C=O) groups excluding carboxylic acids is 2. The number of nitrogens with zero attached hydrogens (tertiary/aromatic N) is 3. The molecule has 3 fully saturated rings. The maximum atomic E-state index is 13.0. The van der Waals surface area contributed by atoms with Crippen molar-refractivity contribution < 1.29 is 9.59 Å². The molecule has 184 valence electrons. The first-order valence-corrected chi connectivity index (χ1v) is 12.7. The first-order chi connectivity index (χ1) is 17.0. The molecule has 7 heteroatoms. The largest absolute Gasteiger partial charge is 0.384 e. The number of hydrogen-bond donors (Lipinski definition) is 2. The molecule has 0 radical (unpaired) electrons. The summed E-state index contributed by atoms with van der Waals surface area (Å²) in [5.74, 6) is 2.88. The fourth-order valence-corrected chi connectivity index (χ4v) is 5.77. The van der Waals surface area contributed by atoms with Crippen LogP contribution in [-0.4, -0.2) is 66.4 Å². The number of carbonyl (C=O) groups is 2. The van der Waals surface area contributed by atoms with Gasteiger partial charge in [0.1, 0.15) is 5.82 Å². The van der Waals surface area contributed by atoms with Crippen molar-refractivity contribution in [3.05, 3.63) is 65.4 Å². The standard InChI is InChI=1S/C28H35N5O2/c1-32-14-11-21(12-15-32)20-4-6-22(7-5-20)28(35)33-17-24-23(25(24)18-33)10-13-30-27(34)9-3-19-2-8-26(29)31-16-19/h2-9,16,21,23-25H,10-15,17-18H2,1H3,(H2,29,31)(H,30,34)/b9-3+. The van der Waals surface area contributed by atoms with Crippen molar-refractivity contribution in [2.45, 2.75) is 25.2 Å². The summed E-state index contributed by atoms with van der Waals surface area (Å²) in [5, 5.41) is 2.97. The van der Waals surface area contributed by atoms with E-state index in [-0.39, 0.29) is 11.8 Å². The monoisotopic (exact) mass is 473 g/mol. The number of amides is 2. The second-order valence-corrected chi connectivity index (χ2v) is 10.3. The van der Waals surface area contributed by atoms with Crippen molar-refractivity contribution in [1.29, 1.82) is 0 Å². The summed E-state index contributed by atoms with van der Waals surface area (Å²) in [7, 11) is 2.18. The summed E-state index contributed by atoms with van der Waals surface area (Å²) in [4.78, 5) is 33.5. The highest BCUT2D eigenvalue weighted by atomic mass is 16.2. The van der Waals surface area contributed by atoms with Gasteiger partial charge in [-0.15, -0.1) is 0 Å². The van der Waals surface area contributed by atoms with Crippen LogP contribution in [0.1, 0.15) is 46.7 Å². The third-order valence-electron chi connectivity index (χ3n) is 8.02. The number of hydrogen-bond acceptors (Lipinski definition) is 5. The van der Waals surface area contributed by atoms with Crippen LogP contribution in [0.5, 0.6) is 0 Å². The Labute approximate surface area is 207 Å². The van der Waals surface area contributed by atoms with Crippen LogP contribution < -0.4 is 11.1 Å². The molecule has 7 nitrogen and oxygen atoms in total. The Hall–Kier alpha value is -3.19. The van der Waals surface area contributed by atoms with E-state index in [2.05, 4.69) is 34.4 Å². The van der Waals surface area contributed by atoms with Gasteiger partial charge in [0.2, 0.25) is 5.91 Å². The number of aromatic nitrogens is 1. The van der Waals surface area contributed by atoms with Gasteiger partial charge in [-0.2, -0.15) is 0 Å². The summed E-state index contributed by atoms with van der Waals surface area (Å²) < 4.78 is 0. The number of benzene rings is 1. The van der Waals surface area contributed by atoms with E-state index < -0.39 is 0 Å². The molecule has 3 N–H and O–H groups in total. The third kappa shape index (κ3) is 5.56. The minimum atomic E-state index is -0.104. The molecule has 0 bridgehead atoms. The van der Waals surface area contributed by atoms with E-state index in [4.69, 9.17) is 5.73 Å². The Bertz CT molecular complexity index is 1060. The number of pyridine rings is 1. The molecular formula is C28H35N5O2. The van der Waals surface area contributed by atoms with Crippen LogP contribution in [0, 0.1) is 17.8 Å². The lowest BCUT2D eigenvalue weighted by molar-refractivity contribution is -0.116. The number of piperidine rings is 2. The van der Waals surface area contributed by atoms with Gasteiger partial charge in [-0.1, -0.05) is 12.1 Å². The maximum absolute atomic E-state index is 13.0. The van der Waals surface area contributed by atoms with Crippen molar-refractivity contribution in [3.8, 4) is 0 Å². The SMILES string of the molecule is CN1CCC(c2ccc(C(=O)N3CC4C(CCNC(=O)/C=C/c5ccc(N)nc5)C4C3)cc2)CC1. The highest BCUT2D eigenvalue weighted by Gasteiger charge is 2.55. The van der Waals surface area contributed by atoms with E-state index in [0.717, 1.165) is 43.7 Å². The Morgan fingerprint density at radius 1 is 1.09 bits per heavy atom. The average Bonchev–Trinajstić information content (AvgIpc) is 3.31. The van der Waals surface area contributed by atoms with Crippen molar-refractivity contribution in [1.82, 2.24) is 20.1 Å². The fourth-order valence-electron chi connectivity index (χ4n) is 5.77. The van der Waals surface area contributed by atoms with Crippen molar-refractivity contribution in [3.63, 3.8) is 0 Å². The van der Waals surface area contributed by atoms with E-state index in [0.29, 0.717) is 36.0 Å². The van der Waals surface area contributed by atoms with Crippen LogP contribution in [0.2, 0.25) is 0 Å². The summed E-state index contributed by atoms with van der Waals surface area (Å²) in [6, 6.07) is 11.9. The van der Waals surface area contributed by atoms with E-state index in [1.165, 1.54) is 24.5 Å². The molecule has 0 spiro atoms. The first kappa shape index (κ1) is 23.5. The van der Waals surface area contributed by atoms with Crippen molar-refractivity contribution in [2.24, 2.45) is 17.8 Å². The number of fused-ring (bicyclic) bond motifs is 1. The van der Waals surface area contributed by atoms with Gasteiger partial charge >= 0.3 is 0 Å². The molecular weight excluding hydrogens is 438 g/mol. The molecule has 2 aromatic rings. The average molecular weight is 474 g/mol. The summed E-state index contributed by atoms with van der Waals surface area (Å²) in [6.45, 7) is 4.62. The Morgan fingerprint density at radius 2 is 1.80 bits per heavy atom. The number of nitrogen functional groups attached to an aromatic ring is 1. The van der Waals surface area contributed by atoms with E-state index in [9.17, 15) is 9.59 Å². The zero-order valence-electron chi connectivity index (χ0n) is 20.4. The topological polar surface area (TPSA) is 91.6 Å². The van der Waals surface area contributed by atoms with Crippen LogP contribution in [-0.2, 0) is 4.79 Å². The van der Waals surface area contributed by atoms with Crippen LogP contribution in [0.3, 0.4) is 0 Å². The lowest BCUT2D eigenvalue weighted by Crippen LogP contribution is -2.32. The minimum Gasteiger partial charge on any atom is -0.384 e. The minimum absolute atomic E-state index is 0.104. The number of anilines is 1. The predicted molar refractivity (Wildman–Crippen MR) is 138 cm³/mol. The van der Waals surface area contributed by atoms with E-state index in [1.54, 1.807) is 18.3 Å². The second-order valence-electron chi connectivity index (χ2n) is 10.3. The van der Waals surface area contributed by atoms with Gasteiger partial charge in [-0.25, -0.2) is 4.98 Å². The van der Waals surface area contributed by atoms with Gasteiger partial charge in [0, 0.05) is 37.5 Å². The zero-order valence-corrected chi connectivity index (χ0v) is 20.4. The van der Waals surface area contributed by atoms with Gasteiger partial charge < -0.3 is 20.9 Å². The fraction of sp³-hybridized carbons (Fsp3) is 0.464. The molecule has 2 saturated heterocycles. The molecule has 1 aromatic carbocycles. The second kappa shape index (κ2) is 10.2. The summed E-state index contributed by atoms with van der Waals surface area (Å²) in [6.07, 6.45) is 8.25. The lowest BCUT2D eigenvalue weighted by Gasteiger charge is -2.29. The summed E-state index contributed by atoms with van der Waals surface area (Å²) in [5.41, 5.74) is 8.58. The van der Waals surface area contributed by atoms with E-state index in [1.807, 2.05) is 23.1 Å². The molecule has 2 aliphatic heterocycles. The quantitative estimate of drug-likeness (QED) is 0.603. The Kier molecular flexibility index (Phi) is 6.86. The molecule has 3 aliphatic rings. The third-order valence-corrected chi connectivity index (χ3v) is 8.02. The van der Waals surface area contributed by atoms with E-state index >= 15 is 0 Å². The molecule has 35 heavy (non-hydrogen) atoms. The zero-order chi connectivity index (χ0) is 24.4. The molecule has 1 aromatic heterocycles. The molecule has 1 saturated carbocycles. The van der Waals surface area contributed by atoms with Gasteiger partial charge in [0.15, 0.2) is 0 Å². The molecule has 1 aliphatic carbocycles. The molecule has 2 unspecified atom stereocenters. The van der Waals surface area contributed by atoms with Gasteiger partial charge in [0.05, 0.1) is 0 Å². The number of rotatable bonds is 7. The van der Waals surface area contributed by atoms with Crippen molar-refractivity contribution >= 4 is 23.7 Å². The first-order valence-electron chi connectivity index (χ1n) is 12.7. The van der Waals surface area contributed by atoms with Crippen LogP contribution in [0.25, 0.3) is 6.08 Å². The molecule has 5 rings (SSSR count). The van der Waals surface area contributed by atoms with Gasteiger partial charge in [0.25, 0.3) is 5.91 Å². The summed E-state index contributed by atoms with van der Waals surface area (Å²) >= 11 is 0. The van der Waals surface area contributed by atoms with Crippen LogP contribution in [0.4, 0.5) is 5.82 Å². The maximum Gasteiger partial charge on any atom is 0.253 e. The Morgan fingerprint density at radius 3 is 2.46 bits per heavy atom. The highest BCUT2D eigenvalue weighted by Crippen LogP contribution is 2.53. The van der Waals surface area contributed by atoms with Gasteiger partial charge in [-0.3, -0.25) is 9.59 Å².